The number of carbonyl (C=O) groups is 1. The smallest absolute Gasteiger partial charge is 0.201 e. The Labute approximate surface area is 114 Å². The summed E-state index contributed by atoms with van der Waals surface area (Å²) < 4.78 is 5.15. The van der Waals surface area contributed by atoms with Crippen LogP contribution in [-0.2, 0) is 0 Å². The Morgan fingerprint density at radius 2 is 1.94 bits per heavy atom. The Morgan fingerprint density at radius 3 is 2.56 bits per heavy atom. The third-order valence-corrected chi connectivity index (χ3v) is 3.61. The monoisotopic (exact) mass is 281 g/mol. The van der Waals surface area contributed by atoms with E-state index in [1.54, 1.807) is 18.2 Å². The molecule has 0 atom stereocenters. The second kappa shape index (κ2) is 4.41. The van der Waals surface area contributed by atoms with E-state index in [1.165, 1.54) is 6.20 Å². The van der Waals surface area contributed by atoms with Crippen LogP contribution in [0.25, 0.3) is 0 Å². The Hall–Kier alpha value is -1.32. The van der Waals surface area contributed by atoms with Gasteiger partial charge in [-0.3, -0.25) is 4.79 Å². The zero-order chi connectivity index (χ0) is 12.7. The molecule has 1 heterocycles. The van der Waals surface area contributed by atoms with Gasteiger partial charge in [0, 0.05) is 5.92 Å². The zero-order valence-electron chi connectivity index (χ0n) is 9.32. The highest BCUT2D eigenvalue weighted by Crippen LogP contribution is 2.42. The van der Waals surface area contributed by atoms with Gasteiger partial charge >= 0.3 is 0 Å². The molecular weight excluding hydrogens is 273 g/mol. The molecule has 0 saturated heterocycles. The Bertz CT molecular complexity index is 597. The van der Waals surface area contributed by atoms with E-state index in [2.05, 4.69) is 5.16 Å². The first kappa shape index (κ1) is 11.8. The minimum Gasteiger partial charge on any atom is -0.360 e. The molecule has 3 rings (SSSR count). The van der Waals surface area contributed by atoms with Gasteiger partial charge in [0.25, 0.3) is 0 Å². The number of benzene rings is 1. The Kier molecular flexibility index (Phi) is 2.88. The highest BCUT2D eigenvalue weighted by Gasteiger charge is 2.33. The number of hydrogen-bond donors (Lipinski definition) is 0. The van der Waals surface area contributed by atoms with E-state index in [0.29, 0.717) is 32.9 Å². The van der Waals surface area contributed by atoms with Crippen molar-refractivity contribution in [2.45, 2.75) is 18.8 Å². The molecule has 1 aliphatic carbocycles. The molecule has 0 amide bonds. The molecule has 1 fully saturated rings. The van der Waals surface area contributed by atoms with E-state index < -0.39 is 0 Å². The van der Waals surface area contributed by atoms with Crippen LogP contribution < -0.4 is 0 Å². The van der Waals surface area contributed by atoms with Crippen LogP contribution in [0.5, 0.6) is 0 Å². The van der Waals surface area contributed by atoms with E-state index in [9.17, 15) is 4.79 Å². The molecular formula is C13H9Cl2NO2. The van der Waals surface area contributed by atoms with Gasteiger partial charge in [-0.1, -0.05) is 34.4 Å². The first-order valence-corrected chi connectivity index (χ1v) is 6.37. The van der Waals surface area contributed by atoms with Gasteiger partial charge in [-0.25, -0.2) is 0 Å². The summed E-state index contributed by atoms with van der Waals surface area (Å²) in [5.74, 6) is 0.734. The fourth-order valence-corrected chi connectivity index (χ4v) is 2.48. The molecule has 3 nitrogen and oxygen atoms in total. The predicted molar refractivity (Wildman–Crippen MR) is 68.4 cm³/mol. The number of aromatic nitrogens is 1. The first-order chi connectivity index (χ1) is 8.68. The van der Waals surface area contributed by atoms with Crippen molar-refractivity contribution in [3.63, 3.8) is 0 Å². The molecule has 5 heteroatoms. The van der Waals surface area contributed by atoms with E-state index in [0.717, 1.165) is 12.8 Å². The van der Waals surface area contributed by atoms with Crippen LogP contribution in [-0.4, -0.2) is 10.9 Å². The maximum absolute atomic E-state index is 12.4. The van der Waals surface area contributed by atoms with Crippen molar-refractivity contribution in [3.05, 3.63) is 51.3 Å². The van der Waals surface area contributed by atoms with Crippen LogP contribution in [0.2, 0.25) is 10.0 Å². The minimum atomic E-state index is -0.228. The summed E-state index contributed by atoms with van der Waals surface area (Å²) in [5, 5.41) is 4.39. The van der Waals surface area contributed by atoms with Gasteiger partial charge in [0.2, 0.25) is 5.78 Å². The van der Waals surface area contributed by atoms with Gasteiger partial charge < -0.3 is 4.52 Å². The van der Waals surface area contributed by atoms with Crippen LogP contribution in [0.15, 0.2) is 28.9 Å². The Balaban J connectivity index is 2.06. The number of ketones is 1. The molecule has 0 aliphatic heterocycles. The SMILES string of the molecule is O=C(c1cnoc1C1CC1)c1c(Cl)cccc1Cl. The van der Waals surface area contributed by atoms with Gasteiger partial charge in [0.15, 0.2) is 5.76 Å². The lowest BCUT2D eigenvalue weighted by Crippen LogP contribution is -2.04. The summed E-state index contributed by atoms with van der Waals surface area (Å²) in [4.78, 5) is 12.4. The van der Waals surface area contributed by atoms with Gasteiger partial charge in [-0.05, 0) is 25.0 Å². The zero-order valence-corrected chi connectivity index (χ0v) is 10.8. The van der Waals surface area contributed by atoms with Gasteiger partial charge in [0.1, 0.15) is 0 Å². The maximum Gasteiger partial charge on any atom is 0.201 e. The average molecular weight is 282 g/mol. The van der Waals surface area contributed by atoms with Crippen molar-refractivity contribution in [1.82, 2.24) is 5.16 Å². The van der Waals surface area contributed by atoms with Crippen LogP contribution in [0, 0.1) is 0 Å². The molecule has 0 N–H and O–H groups in total. The highest BCUT2D eigenvalue weighted by molar-refractivity contribution is 6.41. The summed E-state index contributed by atoms with van der Waals surface area (Å²) in [5.41, 5.74) is 0.776. The predicted octanol–water partition coefficient (Wildman–Crippen LogP) is 4.09. The summed E-state index contributed by atoms with van der Waals surface area (Å²) in [7, 11) is 0. The van der Waals surface area contributed by atoms with Gasteiger partial charge in [-0.2, -0.15) is 0 Å². The number of hydrogen-bond acceptors (Lipinski definition) is 3. The molecule has 1 aromatic carbocycles. The van der Waals surface area contributed by atoms with Crippen molar-refractivity contribution >= 4 is 29.0 Å². The van der Waals surface area contributed by atoms with Crippen LogP contribution in [0.3, 0.4) is 0 Å². The Morgan fingerprint density at radius 1 is 1.28 bits per heavy atom. The van der Waals surface area contributed by atoms with Crippen molar-refractivity contribution in [2.24, 2.45) is 0 Å². The lowest BCUT2D eigenvalue weighted by atomic mass is 10.0. The van der Waals surface area contributed by atoms with E-state index in [1.807, 2.05) is 0 Å². The summed E-state index contributed by atoms with van der Waals surface area (Å²) >= 11 is 12.1. The quantitative estimate of drug-likeness (QED) is 0.796. The third kappa shape index (κ3) is 1.93. The van der Waals surface area contributed by atoms with Gasteiger partial charge in [-0.15, -0.1) is 0 Å². The van der Waals surface area contributed by atoms with E-state index in [-0.39, 0.29) is 5.78 Å². The molecule has 1 aromatic heterocycles. The fourth-order valence-electron chi connectivity index (χ4n) is 1.91. The molecule has 2 aromatic rings. The first-order valence-electron chi connectivity index (χ1n) is 5.61. The largest absolute Gasteiger partial charge is 0.360 e. The number of halogens is 2. The number of rotatable bonds is 3. The minimum absolute atomic E-state index is 0.228. The highest BCUT2D eigenvalue weighted by atomic mass is 35.5. The number of nitrogens with zero attached hydrogens (tertiary/aromatic N) is 1. The molecule has 18 heavy (non-hydrogen) atoms. The van der Waals surface area contributed by atoms with Crippen molar-refractivity contribution < 1.29 is 9.32 Å². The molecule has 0 bridgehead atoms. The molecule has 1 aliphatic rings. The molecule has 0 unspecified atom stereocenters. The van der Waals surface area contributed by atoms with Crippen molar-refractivity contribution in [2.75, 3.05) is 0 Å². The topological polar surface area (TPSA) is 43.1 Å². The molecule has 92 valence electrons. The lowest BCUT2D eigenvalue weighted by Gasteiger charge is -2.04. The second-order valence-electron chi connectivity index (χ2n) is 4.30. The normalized spacial score (nSPS) is 14.8. The molecule has 0 spiro atoms. The second-order valence-corrected chi connectivity index (χ2v) is 5.12. The van der Waals surface area contributed by atoms with Crippen molar-refractivity contribution in [1.29, 1.82) is 0 Å². The summed E-state index contributed by atoms with van der Waals surface area (Å²) in [6.45, 7) is 0. The average Bonchev–Trinajstić information content (AvgIpc) is 3.06. The summed E-state index contributed by atoms with van der Waals surface area (Å²) in [6, 6.07) is 4.99. The molecule has 1 saturated carbocycles. The van der Waals surface area contributed by atoms with Gasteiger partial charge in [0.05, 0.1) is 27.4 Å². The fraction of sp³-hybridized carbons (Fsp3) is 0.231. The summed E-state index contributed by atoms with van der Waals surface area (Å²) in [6.07, 6.45) is 3.51. The van der Waals surface area contributed by atoms with E-state index in [4.69, 9.17) is 27.7 Å². The van der Waals surface area contributed by atoms with Crippen molar-refractivity contribution in [3.8, 4) is 0 Å². The maximum atomic E-state index is 12.4. The van der Waals surface area contributed by atoms with Crippen LogP contribution >= 0.6 is 23.2 Å². The van der Waals surface area contributed by atoms with Crippen LogP contribution in [0.1, 0.15) is 40.4 Å². The lowest BCUT2D eigenvalue weighted by molar-refractivity contribution is 0.103. The standard InChI is InChI=1S/C13H9Cl2NO2/c14-9-2-1-3-10(15)11(9)12(17)8-6-16-18-13(8)7-4-5-7/h1-3,6-7H,4-5H2. The number of carbonyl (C=O) groups excluding carboxylic acids is 1. The van der Waals surface area contributed by atoms with Crippen LogP contribution in [0.4, 0.5) is 0 Å². The van der Waals surface area contributed by atoms with E-state index >= 15 is 0 Å². The third-order valence-electron chi connectivity index (χ3n) is 2.98. The molecule has 0 radical (unpaired) electrons.